The van der Waals surface area contributed by atoms with Crippen LogP contribution in [0.2, 0.25) is 0 Å². The van der Waals surface area contributed by atoms with Crippen molar-refractivity contribution < 1.29 is 18.6 Å². The number of hydrogen-bond donors (Lipinski definition) is 1. The lowest BCUT2D eigenvalue weighted by molar-refractivity contribution is 0.339. The van der Waals surface area contributed by atoms with Crippen molar-refractivity contribution in [1.82, 2.24) is 0 Å². The Hall–Kier alpha value is -2.27. The predicted molar refractivity (Wildman–Crippen MR) is 78.8 cm³/mol. The summed E-state index contributed by atoms with van der Waals surface area (Å²) >= 11 is 0. The van der Waals surface area contributed by atoms with E-state index in [0.29, 0.717) is 30.2 Å². The van der Waals surface area contributed by atoms with E-state index < -0.39 is 5.82 Å². The Kier molecular flexibility index (Phi) is 5.00. The fourth-order valence-corrected chi connectivity index (χ4v) is 1.98. The molecule has 0 saturated carbocycles. The molecular weight excluding hydrogens is 273 g/mol. The Bertz CT molecular complexity index is 594. The van der Waals surface area contributed by atoms with E-state index in [2.05, 4.69) is 0 Å². The maximum atomic E-state index is 14.1. The van der Waals surface area contributed by atoms with Gasteiger partial charge in [-0.05, 0) is 42.8 Å². The Labute approximate surface area is 123 Å². The first-order chi connectivity index (χ1) is 10.2. The summed E-state index contributed by atoms with van der Waals surface area (Å²) in [7, 11) is 3.03. The van der Waals surface area contributed by atoms with Crippen LogP contribution in [0.25, 0.3) is 0 Å². The molecule has 5 heteroatoms. The van der Waals surface area contributed by atoms with Gasteiger partial charge < -0.3 is 19.9 Å². The molecule has 0 spiro atoms. The standard InChI is InChI=1S/C16H18FNO3/c1-19-14-4-3-5-15(20-2)16(14)21-13-7-6-11(8-9-18)10-12(13)17/h3-7,10H,8-9,18H2,1-2H3. The summed E-state index contributed by atoms with van der Waals surface area (Å²) in [5.41, 5.74) is 6.29. The van der Waals surface area contributed by atoms with Crippen molar-refractivity contribution >= 4 is 0 Å². The van der Waals surface area contributed by atoms with Crippen molar-refractivity contribution in [3.05, 3.63) is 47.8 Å². The average Bonchev–Trinajstić information content (AvgIpc) is 2.50. The van der Waals surface area contributed by atoms with Gasteiger partial charge in [0, 0.05) is 0 Å². The van der Waals surface area contributed by atoms with Gasteiger partial charge in [0.25, 0.3) is 0 Å². The van der Waals surface area contributed by atoms with Crippen LogP contribution in [0.15, 0.2) is 36.4 Å². The lowest BCUT2D eigenvalue weighted by Gasteiger charge is -2.14. The van der Waals surface area contributed by atoms with Gasteiger partial charge in [0.15, 0.2) is 23.1 Å². The van der Waals surface area contributed by atoms with Crippen molar-refractivity contribution in [2.75, 3.05) is 20.8 Å². The normalized spacial score (nSPS) is 10.3. The molecule has 2 N–H and O–H groups in total. The number of halogens is 1. The fourth-order valence-electron chi connectivity index (χ4n) is 1.98. The lowest BCUT2D eigenvalue weighted by atomic mass is 10.1. The molecule has 2 aromatic carbocycles. The van der Waals surface area contributed by atoms with Gasteiger partial charge in [0.2, 0.25) is 5.75 Å². The topological polar surface area (TPSA) is 53.7 Å². The van der Waals surface area contributed by atoms with Crippen LogP contribution in [-0.2, 0) is 6.42 Å². The van der Waals surface area contributed by atoms with Crippen molar-refractivity contribution in [3.63, 3.8) is 0 Å². The minimum atomic E-state index is -0.450. The number of methoxy groups -OCH3 is 2. The highest BCUT2D eigenvalue weighted by Crippen LogP contribution is 2.40. The summed E-state index contributed by atoms with van der Waals surface area (Å²) in [6, 6.07) is 9.99. The van der Waals surface area contributed by atoms with Gasteiger partial charge >= 0.3 is 0 Å². The van der Waals surface area contributed by atoms with E-state index in [1.165, 1.54) is 20.3 Å². The number of ether oxygens (including phenoxy) is 3. The number of para-hydroxylation sites is 1. The first-order valence-electron chi connectivity index (χ1n) is 6.57. The SMILES string of the molecule is COc1cccc(OC)c1Oc1ccc(CCN)cc1F. The monoisotopic (exact) mass is 291 g/mol. The number of nitrogens with two attached hydrogens (primary N) is 1. The Balaban J connectivity index is 2.34. The molecular formula is C16H18FNO3. The van der Waals surface area contributed by atoms with E-state index in [9.17, 15) is 4.39 Å². The molecule has 4 nitrogen and oxygen atoms in total. The lowest BCUT2D eigenvalue weighted by Crippen LogP contribution is -2.03. The average molecular weight is 291 g/mol. The van der Waals surface area contributed by atoms with Crippen molar-refractivity contribution in [3.8, 4) is 23.0 Å². The summed E-state index contributed by atoms with van der Waals surface area (Å²) in [5.74, 6) is 0.944. The Morgan fingerprint density at radius 2 is 1.67 bits per heavy atom. The summed E-state index contributed by atoms with van der Waals surface area (Å²) in [5, 5.41) is 0. The third-order valence-corrected chi connectivity index (χ3v) is 3.02. The Morgan fingerprint density at radius 3 is 2.19 bits per heavy atom. The zero-order valence-electron chi connectivity index (χ0n) is 12.1. The molecule has 0 aliphatic heterocycles. The van der Waals surface area contributed by atoms with E-state index in [1.54, 1.807) is 30.3 Å². The van der Waals surface area contributed by atoms with Crippen LogP contribution < -0.4 is 19.9 Å². The minimum absolute atomic E-state index is 0.110. The van der Waals surface area contributed by atoms with E-state index in [4.69, 9.17) is 19.9 Å². The van der Waals surface area contributed by atoms with Crippen LogP contribution in [0.5, 0.6) is 23.0 Å². The number of rotatable bonds is 6. The van der Waals surface area contributed by atoms with Gasteiger partial charge in [0.1, 0.15) is 0 Å². The van der Waals surface area contributed by atoms with Gasteiger partial charge in [-0.25, -0.2) is 4.39 Å². The molecule has 0 bridgehead atoms. The zero-order chi connectivity index (χ0) is 15.2. The Morgan fingerprint density at radius 1 is 1.00 bits per heavy atom. The predicted octanol–water partition coefficient (Wildman–Crippen LogP) is 3.14. The molecule has 2 rings (SSSR count). The first kappa shape index (κ1) is 15.1. The van der Waals surface area contributed by atoms with Gasteiger partial charge in [-0.2, -0.15) is 0 Å². The molecule has 2 aromatic rings. The van der Waals surface area contributed by atoms with Crippen LogP contribution in [-0.4, -0.2) is 20.8 Å². The van der Waals surface area contributed by atoms with E-state index in [-0.39, 0.29) is 5.75 Å². The zero-order valence-corrected chi connectivity index (χ0v) is 12.1. The second-order valence-electron chi connectivity index (χ2n) is 4.40. The highest BCUT2D eigenvalue weighted by atomic mass is 19.1. The smallest absolute Gasteiger partial charge is 0.211 e. The molecule has 0 radical (unpaired) electrons. The van der Waals surface area contributed by atoms with Crippen LogP contribution in [0, 0.1) is 5.82 Å². The molecule has 0 unspecified atom stereocenters. The molecule has 112 valence electrons. The summed E-state index contributed by atoms with van der Waals surface area (Å²) in [6.45, 7) is 0.472. The second-order valence-corrected chi connectivity index (χ2v) is 4.40. The minimum Gasteiger partial charge on any atom is -0.493 e. The maximum Gasteiger partial charge on any atom is 0.211 e. The van der Waals surface area contributed by atoms with E-state index >= 15 is 0 Å². The largest absolute Gasteiger partial charge is 0.493 e. The summed E-state index contributed by atoms with van der Waals surface area (Å²) < 4.78 is 30.1. The molecule has 0 aliphatic carbocycles. The van der Waals surface area contributed by atoms with Crippen LogP contribution in [0.3, 0.4) is 0 Å². The molecule has 0 saturated heterocycles. The molecule has 0 amide bonds. The number of hydrogen-bond acceptors (Lipinski definition) is 4. The van der Waals surface area contributed by atoms with Crippen LogP contribution >= 0.6 is 0 Å². The third-order valence-electron chi connectivity index (χ3n) is 3.02. The maximum absolute atomic E-state index is 14.1. The van der Waals surface area contributed by atoms with E-state index in [1.807, 2.05) is 0 Å². The van der Waals surface area contributed by atoms with Gasteiger partial charge in [-0.3, -0.25) is 0 Å². The van der Waals surface area contributed by atoms with E-state index in [0.717, 1.165) is 5.56 Å². The quantitative estimate of drug-likeness (QED) is 0.888. The van der Waals surface area contributed by atoms with Crippen LogP contribution in [0.4, 0.5) is 4.39 Å². The molecule has 0 fully saturated rings. The number of benzene rings is 2. The van der Waals surface area contributed by atoms with Crippen molar-refractivity contribution in [1.29, 1.82) is 0 Å². The fraction of sp³-hybridized carbons (Fsp3) is 0.250. The molecule has 0 aromatic heterocycles. The molecule has 21 heavy (non-hydrogen) atoms. The molecule has 0 aliphatic rings. The molecule has 0 atom stereocenters. The first-order valence-corrected chi connectivity index (χ1v) is 6.57. The van der Waals surface area contributed by atoms with Crippen LogP contribution in [0.1, 0.15) is 5.56 Å². The third kappa shape index (κ3) is 3.44. The van der Waals surface area contributed by atoms with Crippen molar-refractivity contribution in [2.24, 2.45) is 5.73 Å². The summed E-state index contributed by atoms with van der Waals surface area (Å²) in [6.07, 6.45) is 0.620. The van der Waals surface area contributed by atoms with Gasteiger partial charge in [-0.1, -0.05) is 12.1 Å². The van der Waals surface area contributed by atoms with Gasteiger partial charge in [0.05, 0.1) is 14.2 Å². The summed E-state index contributed by atoms with van der Waals surface area (Å²) in [4.78, 5) is 0. The highest BCUT2D eigenvalue weighted by molar-refractivity contribution is 5.53. The van der Waals surface area contributed by atoms with Gasteiger partial charge in [-0.15, -0.1) is 0 Å². The highest BCUT2D eigenvalue weighted by Gasteiger charge is 2.14. The van der Waals surface area contributed by atoms with Crippen molar-refractivity contribution in [2.45, 2.75) is 6.42 Å². The molecule has 0 heterocycles. The second kappa shape index (κ2) is 6.95.